The van der Waals surface area contributed by atoms with E-state index in [1.54, 1.807) is 6.08 Å². The van der Waals surface area contributed by atoms with Crippen LogP contribution in [0.2, 0.25) is 0 Å². The highest BCUT2D eigenvalue weighted by atomic mass is 16.5. The molecular weight excluding hydrogens is 779 g/mol. The number of aliphatic hydroxyl groups excluding tert-OH is 2. The Morgan fingerprint density at radius 2 is 0.746 bits per heavy atom. The summed E-state index contributed by atoms with van der Waals surface area (Å²) in [5.74, 6) is -0.117. The quantitative estimate of drug-likeness (QED) is 0.0321. The lowest BCUT2D eigenvalue weighted by molar-refractivity contribution is -0.143. The lowest BCUT2D eigenvalue weighted by Gasteiger charge is -2.20. The SMILES string of the molecule is CCCCCCCC/C=C\CCCCCCCC(=O)OCCCCCCCCCCCCC(=O)NC(CO)C(O)/C=C/CCCCCCCCCCCCCCCCCCCCC. The molecule has 63 heavy (non-hydrogen) atoms. The maximum Gasteiger partial charge on any atom is 0.305 e. The number of amides is 1. The third-order valence-electron chi connectivity index (χ3n) is 13.0. The molecule has 0 saturated carbocycles. The number of allylic oxidation sites excluding steroid dienone is 3. The van der Waals surface area contributed by atoms with Gasteiger partial charge in [-0.05, 0) is 57.8 Å². The van der Waals surface area contributed by atoms with Crippen molar-refractivity contribution in [2.24, 2.45) is 0 Å². The fourth-order valence-electron chi connectivity index (χ4n) is 8.63. The van der Waals surface area contributed by atoms with E-state index >= 15 is 0 Å². The molecule has 6 nitrogen and oxygen atoms in total. The zero-order valence-electron chi connectivity index (χ0n) is 42.3. The fourth-order valence-corrected chi connectivity index (χ4v) is 8.63. The van der Waals surface area contributed by atoms with Gasteiger partial charge >= 0.3 is 5.97 Å². The van der Waals surface area contributed by atoms with E-state index in [1.807, 2.05) is 6.08 Å². The zero-order valence-corrected chi connectivity index (χ0v) is 42.3. The summed E-state index contributed by atoms with van der Waals surface area (Å²) in [7, 11) is 0. The van der Waals surface area contributed by atoms with Gasteiger partial charge in [-0.15, -0.1) is 0 Å². The molecule has 0 rings (SSSR count). The van der Waals surface area contributed by atoms with Crippen LogP contribution in [-0.4, -0.2) is 47.4 Å². The zero-order chi connectivity index (χ0) is 45.8. The van der Waals surface area contributed by atoms with Gasteiger partial charge in [0.2, 0.25) is 5.91 Å². The van der Waals surface area contributed by atoms with Crippen molar-refractivity contribution in [3.05, 3.63) is 24.3 Å². The lowest BCUT2D eigenvalue weighted by atomic mass is 10.0. The van der Waals surface area contributed by atoms with E-state index in [4.69, 9.17) is 4.74 Å². The Bertz CT molecular complexity index is 982. The van der Waals surface area contributed by atoms with Gasteiger partial charge in [0.25, 0.3) is 0 Å². The summed E-state index contributed by atoms with van der Waals surface area (Å²) in [4.78, 5) is 24.5. The predicted molar refractivity (Wildman–Crippen MR) is 273 cm³/mol. The molecule has 0 aromatic carbocycles. The second kappa shape index (κ2) is 53.0. The van der Waals surface area contributed by atoms with Gasteiger partial charge in [0, 0.05) is 12.8 Å². The third-order valence-corrected chi connectivity index (χ3v) is 13.0. The van der Waals surface area contributed by atoms with Crippen LogP contribution in [-0.2, 0) is 14.3 Å². The molecule has 6 heteroatoms. The maximum absolute atomic E-state index is 12.5. The van der Waals surface area contributed by atoms with Crippen molar-refractivity contribution in [3.8, 4) is 0 Å². The Kier molecular flexibility index (Phi) is 51.6. The van der Waals surface area contributed by atoms with Gasteiger partial charge in [0.05, 0.1) is 25.4 Å². The Balaban J connectivity index is 3.51. The van der Waals surface area contributed by atoms with Crippen LogP contribution >= 0.6 is 0 Å². The van der Waals surface area contributed by atoms with Gasteiger partial charge in [0.1, 0.15) is 0 Å². The van der Waals surface area contributed by atoms with Gasteiger partial charge in [-0.2, -0.15) is 0 Å². The minimum atomic E-state index is -0.860. The molecule has 0 aliphatic carbocycles. The number of rotatable bonds is 52. The van der Waals surface area contributed by atoms with Gasteiger partial charge in [-0.3, -0.25) is 9.59 Å². The molecule has 2 atom stereocenters. The monoisotopic (exact) mass is 888 g/mol. The molecule has 372 valence electrons. The van der Waals surface area contributed by atoms with Crippen LogP contribution < -0.4 is 5.32 Å². The second-order valence-electron chi connectivity index (χ2n) is 19.3. The van der Waals surface area contributed by atoms with Gasteiger partial charge in [-0.1, -0.05) is 256 Å². The summed E-state index contributed by atoms with van der Waals surface area (Å²) in [6, 6.07) is -0.645. The fraction of sp³-hybridized carbons (Fsp3) is 0.895. The van der Waals surface area contributed by atoms with Crippen molar-refractivity contribution in [2.75, 3.05) is 13.2 Å². The van der Waals surface area contributed by atoms with E-state index in [9.17, 15) is 19.8 Å². The highest BCUT2D eigenvalue weighted by molar-refractivity contribution is 5.76. The molecule has 0 fully saturated rings. The third kappa shape index (κ3) is 49.6. The molecule has 0 aromatic rings. The Morgan fingerprint density at radius 1 is 0.429 bits per heavy atom. The molecule has 0 aliphatic heterocycles. The first-order valence-corrected chi connectivity index (χ1v) is 28.1. The van der Waals surface area contributed by atoms with E-state index in [2.05, 4.69) is 31.3 Å². The first-order chi connectivity index (χ1) is 31.0. The van der Waals surface area contributed by atoms with Crippen LogP contribution in [0.15, 0.2) is 24.3 Å². The predicted octanol–water partition coefficient (Wildman–Crippen LogP) is 17.1. The van der Waals surface area contributed by atoms with Crippen LogP contribution in [0.3, 0.4) is 0 Å². The Morgan fingerprint density at radius 3 is 1.13 bits per heavy atom. The van der Waals surface area contributed by atoms with E-state index < -0.39 is 12.1 Å². The highest BCUT2D eigenvalue weighted by Crippen LogP contribution is 2.16. The molecule has 0 saturated heterocycles. The first-order valence-electron chi connectivity index (χ1n) is 28.1. The maximum atomic E-state index is 12.5. The first kappa shape index (κ1) is 61.3. The van der Waals surface area contributed by atoms with Gasteiger partial charge in [0.15, 0.2) is 0 Å². The topological polar surface area (TPSA) is 95.9 Å². The molecule has 0 radical (unpaired) electrons. The van der Waals surface area contributed by atoms with E-state index in [1.165, 1.54) is 218 Å². The average molecular weight is 889 g/mol. The van der Waals surface area contributed by atoms with Crippen LogP contribution in [0.5, 0.6) is 0 Å². The number of nitrogens with one attached hydrogen (secondary N) is 1. The molecule has 0 spiro atoms. The summed E-state index contributed by atoms with van der Waals surface area (Å²) in [6.07, 6.45) is 63.3. The summed E-state index contributed by atoms with van der Waals surface area (Å²) < 4.78 is 5.46. The molecule has 3 N–H and O–H groups in total. The van der Waals surface area contributed by atoms with Crippen molar-refractivity contribution >= 4 is 11.9 Å². The second-order valence-corrected chi connectivity index (χ2v) is 19.3. The molecule has 2 unspecified atom stereocenters. The standard InChI is InChI=1S/C57H109NO5/c1-3-5-7-9-11-13-15-17-19-20-21-22-23-24-26-27-29-33-37-41-45-49-55(60)54(53-59)58-56(61)50-46-42-38-34-31-32-36-40-44-48-52-63-57(62)51-47-43-39-35-30-28-25-18-16-14-12-10-8-6-4-2/h18,25,45,49,54-55,59-60H,3-17,19-24,26-44,46-48,50-53H2,1-2H3,(H,58,61)/b25-18-,49-45+. The lowest BCUT2D eigenvalue weighted by Crippen LogP contribution is -2.45. The number of carbonyl (C=O) groups excluding carboxylic acids is 2. The number of carbonyl (C=O) groups is 2. The minimum Gasteiger partial charge on any atom is -0.466 e. The smallest absolute Gasteiger partial charge is 0.305 e. The van der Waals surface area contributed by atoms with Crippen molar-refractivity contribution in [3.63, 3.8) is 0 Å². The van der Waals surface area contributed by atoms with Crippen LogP contribution in [0.1, 0.15) is 303 Å². The number of aliphatic hydroxyl groups is 2. The highest BCUT2D eigenvalue weighted by Gasteiger charge is 2.18. The van der Waals surface area contributed by atoms with E-state index in [0.29, 0.717) is 19.4 Å². The molecule has 0 heterocycles. The molecule has 0 aromatic heterocycles. The Hall–Kier alpha value is -1.66. The molecule has 1 amide bonds. The number of unbranched alkanes of at least 4 members (excludes halogenated alkanes) is 39. The van der Waals surface area contributed by atoms with Crippen LogP contribution in [0.25, 0.3) is 0 Å². The summed E-state index contributed by atoms with van der Waals surface area (Å²) in [6.45, 7) is 4.86. The van der Waals surface area contributed by atoms with E-state index in [-0.39, 0.29) is 18.5 Å². The molecule has 0 aliphatic rings. The number of hydrogen-bond acceptors (Lipinski definition) is 5. The minimum absolute atomic E-state index is 0.0282. The number of hydrogen-bond donors (Lipinski definition) is 3. The average Bonchev–Trinajstić information content (AvgIpc) is 3.28. The summed E-state index contributed by atoms with van der Waals surface area (Å²) >= 11 is 0. The van der Waals surface area contributed by atoms with Crippen molar-refractivity contribution < 1.29 is 24.5 Å². The molecule has 0 bridgehead atoms. The van der Waals surface area contributed by atoms with E-state index in [0.717, 1.165) is 57.8 Å². The number of esters is 1. The summed E-state index contributed by atoms with van der Waals surface area (Å²) in [5, 5.41) is 23.1. The summed E-state index contributed by atoms with van der Waals surface area (Å²) in [5.41, 5.74) is 0. The Labute approximate surface area is 392 Å². The van der Waals surface area contributed by atoms with Crippen molar-refractivity contribution in [2.45, 2.75) is 315 Å². The normalized spacial score (nSPS) is 12.8. The van der Waals surface area contributed by atoms with Crippen molar-refractivity contribution in [1.82, 2.24) is 5.32 Å². The van der Waals surface area contributed by atoms with Gasteiger partial charge < -0.3 is 20.3 Å². The van der Waals surface area contributed by atoms with Gasteiger partial charge in [-0.25, -0.2) is 0 Å². The number of ether oxygens (including phenoxy) is 1. The van der Waals surface area contributed by atoms with Crippen molar-refractivity contribution in [1.29, 1.82) is 0 Å². The van der Waals surface area contributed by atoms with Crippen LogP contribution in [0, 0.1) is 0 Å². The molecular formula is C57H109NO5. The van der Waals surface area contributed by atoms with Crippen LogP contribution in [0.4, 0.5) is 0 Å². The largest absolute Gasteiger partial charge is 0.466 e.